The maximum absolute atomic E-state index is 11.3. The average Bonchev–Trinajstić information content (AvgIpc) is 2.68. The van der Waals surface area contributed by atoms with Crippen molar-refractivity contribution in [3.8, 4) is 0 Å². The number of nitrogens with one attached hydrogen (secondary N) is 2. The Bertz CT molecular complexity index is 1240. The summed E-state index contributed by atoms with van der Waals surface area (Å²) in [6, 6.07) is 17.6. The number of para-hydroxylation sites is 1. The van der Waals surface area contributed by atoms with Gasteiger partial charge in [0, 0.05) is 17.3 Å². The van der Waals surface area contributed by atoms with Crippen LogP contribution in [0.15, 0.2) is 78.0 Å². The molecule has 0 saturated carbocycles. The molecular weight excluding hydrogens is 376 g/mol. The van der Waals surface area contributed by atoms with E-state index in [0.29, 0.717) is 17.5 Å². The molecule has 9 heteroatoms. The monoisotopic (exact) mass is 392 g/mol. The van der Waals surface area contributed by atoms with E-state index in [1.165, 1.54) is 12.1 Å². The van der Waals surface area contributed by atoms with Crippen molar-refractivity contribution in [2.24, 2.45) is 5.14 Å². The van der Waals surface area contributed by atoms with Gasteiger partial charge in [-0.1, -0.05) is 18.2 Å². The molecule has 0 spiro atoms. The van der Waals surface area contributed by atoms with Gasteiger partial charge in [0.05, 0.1) is 22.3 Å². The van der Waals surface area contributed by atoms with Gasteiger partial charge in [0.15, 0.2) is 0 Å². The van der Waals surface area contributed by atoms with E-state index in [1.54, 1.807) is 30.6 Å². The summed E-state index contributed by atoms with van der Waals surface area (Å²) >= 11 is 0. The minimum atomic E-state index is -3.72. The first-order valence-corrected chi connectivity index (χ1v) is 9.87. The molecule has 0 saturated heterocycles. The molecule has 0 aliphatic rings. The lowest BCUT2D eigenvalue weighted by molar-refractivity contribution is 0.598. The highest BCUT2D eigenvalue weighted by Crippen LogP contribution is 2.21. The fourth-order valence-corrected chi connectivity index (χ4v) is 3.15. The molecule has 2 heterocycles. The molecule has 0 atom stereocenters. The van der Waals surface area contributed by atoms with Gasteiger partial charge in [-0.15, -0.1) is 0 Å². The lowest BCUT2D eigenvalue weighted by Crippen LogP contribution is -2.11. The number of pyridine rings is 1. The molecule has 4 rings (SSSR count). The third-order valence-electron chi connectivity index (χ3n) is 3.96. The second kappa shape index (κ2) is 7.22. The standard InChI is InChI=1S/C19H16N6O2S/c20-28(26,27)16-7-5-14(6-8-16)24-19-21-10-9-18(25-19)23-15-11-13-3-1-2-4-17(13)22-12-15/h1-12H,(H2,20,26,27)(H2,21,23,24,25). The van der Waals surface area contributed by atoms with Crippen LogP contribution in [0.1, 0.15) is 0 Å². The molecule has 0 fully saturated rings. The van der Waals surface area contributed by atoms with Gasteiger partial charge in [0.2, 0.25) is 16.0 Å². The number of aromatic nitrogens is 3. The molecule has 4 aromatic rings. The van der Waals surface area contributed by atoms with Gasteiger partial charge in [0.25, 0.3) is 0 Å². The second-order valence-electron chi connectivity index (χ2n) is 6.00. The highest BCUT2D eigenvalue weighted by Gasteiger charge is 2.07. The Kier molecular flexibility index (Phi) is 4.60. The summed E-state index contributed by atoms with van der Waals surface area (Å²) in [7, 11) is -3.72. The fraction of sp³-hybridized carbons (Fsp3) is 0. The number of primary sulfonamides is 1. The van der Waals surface area contributed by atoms with E-state index in [4.69, 9.17) is 5.14 Å². The largest absolute Gasteiger partial charge is 0.339 e. The van der Waals surface area contributed by atoms with Crippen molar-refractivity contribution in [2.75, 3.05) is 10.6 Å². The van der Waals surface area contributed by atoms with E-state index < -0.39 is 10.0 Å². The number of anilines is 4. The van der Waals surface area contributed by atoms with Crippen LogP contribution in [0.2, 0.25) is 0 Å². The molecule has 0 radical (unpaired) electrons. The minimum absolute atomic E-state index is 0.0400. The van der Waals surface area contributed by atoms with E-state index in [1.807, 2.05) is 30.3 Å². The number of hydrogen-bond acceptors (Lipinski definition) is 7. The van der Waals surface area contributed by atoms with E-state index in [0.717, 1.165) is 16.6 Å². The van der Waals surface area contributed by atoms with E-state index in [2.05, 4.69) is 25.6 Å². The molecule has 0 bridgehead atoms. The number of hydrogen-bond donors (Lipinski definition) is 3. The summed E-state index contributed by atoms with van der Waals surface area (Å²) in [5.74, 6) is 0.956. The topological polar surface area (TPSA) is 123 Å². The number of fused-ring (bicyclic) bond motifs is 1. The summed E-state index contributed by atoms with van der Waals surface area (Å²) < 4.78 is 22.6. The Morgan fingerprint density at radius 2 is 1.64 bits per heavy atom. The molecule has 0 amide bonds. The van der Waals surface area contributed by atoms with Crippen molar-refractivity contribution < 1.29 is 8.42 Å². The van der Waals surface area contributed by atoms with Crippen LogP contribution >= 0.6 is 0 Å². The number of sulfonamides is 1. The van der Waals surface area contributed by atoms with Crippen molar-refractivity contribution in [3.05, 3.63) is 73.1 Å². The average molecular weight is 392 g/mol. The fourth-order valence-electron chi connectivity index (χ4n) is 2.63. The zero-order valence-electron chi connectivity index (χ0n) is 14.6. The number of rotatable bonds is 5. The zero-order chi connectivity index (χ0) is 19.6. The maximum Gasteiger partial charge on any atom is 0.238 e. The predicted molar refractivity (Wildman–Crippen MR) is 108 cm³/mol. The van der Waals surface area contributed by atoms with Crippen LogP contribution in [0.5, 0.6) is 0 Å². The Morgan fingerprint density at radius 1 is 0.857 bits per heavy atom. The number of benzene rings is 2. The summed E-state index contributed by atoms with van der Waals surface area (Å²) in [5, 5.41) is 12.4. The first-order valence-electron chi connectivity index (χ1n) is 8.32. The van der Waals surface area contributed by atoms with Crippen LogP contribution in [0, 0.1) is 0 Å². The molecule has 0 unspecified atom stereocenters. The second-order valence-corrected chi connectivity index (χ2v) is 7.56. The molecule has 2 aromatic carbocycles. The molecule has 140 valence electrons. The molecule has 0 aliphatic carbocycles. The molecule has 2 aromatic heterocycles. The summed E-state index contributed by atoms with van der Waals surface area (Å²) in [6.45, 7) is 0. The maximum atomic E-state index is 11.3. The highest BCUT2D eigenvalue weighted by molar-refractivity contribution is 7.89. The number of nitrogens with two attached hydrogens (primary N) is 1. The predicted octanol–water partition coefficient (Wildman–Crippen LogP) is 3.16. The molecule has 28 heavy (non-hydrogen) atoms. The van der Waals surface area contributed by atoms with Gasteiger partial charge in [-0.3, -0.25) is 4.98 Å². The van der Waals surface area contributed by atoms with Gasteiger partial charge in [-0.05, 0) is 42.5 Å². The van der Waals surface area contributed by atoms with Gasteiger partial charge < -0.3 is 10.6 Å². The quantitative estimate of drug-likeness (QED) is 0.477. The molecule has 0 aliphatic heterocycles. The van der Waals surface area contributed by atoms with Gasteiger partial charge in [0.1, 0.15) is 5.82 Å². The van der Waals surface area contributed by atoms with E-state index in [9.17, 15) is 8.42 Å². The van der Waals surface area contributed by atoms with Crippen LogP contribution in [0.3, 0.4) is 0 Å². The SMILES string of the molecule is NS(=O)(=O)c1ccc(Nc2nccc(Nc3cnc4ccccc4c3)n2)cc1. The third-order valence-corrected chi connectivity index (χ3v) is 4.89. The van der Waals surface area contributed by atoms with Crippen LogP contribution in [0.4, 0.5) is 23.1 Å². The Morgan fingerprint density at radius 3 is 2.43 bits per heavy atom. The smallest absolute Gasteiger partial charge is 0.238 e. The zero-order valence-corrected chi connectivity index (χ0v) is 15.4. The van der Waals surface area contributed by atoms with Crippen molar-refractivity contribution in [2.45, 2.75) is 4.90 Å². The Balaban J connectivity index is 1.52. The Labute approximate surface area is 161 Å². The number of nitrogens with zero attached hydrogens (tertiary/aromatic N) is 3. The van der Waals surface area contributed by atoms with E-state index >= 15 is 0 Å². The van der Waals surface area contributed by atoms with Crippen LogP contribution in [-0.2, 0) is 10.0 Å². The molecular formula is C19H16N6O2S. The lowest BCUT2D eigenvalue weighted by Gasteiger charge is -2.09. The minimum Gasteiger partial charge on any atom is -0.339 e. The van der Waals surface area contributed by atoms with Crippen molar-refractivity contribution >= 4 is 44.1 Å². The normalized spacial score (nSPS) is 11.3. The van der Waals surface area contributed by atoms with Crippen molar-refractivity contribution in [1.82, 2.24) is 15.0 Å². The van der Waals surface area contributed by atoms with Gasteiger partial charge in [-0.25, -0.2) is 18.5 Å². The Hall–Kier alpha value is -3.56. The summed E-state index contributed by atoms with van der Waals surface area (Å²) in [6.07, 6.45) is 3.36. The summed E-state index contributed by atoms with van der Waals surface area (Å²) in [5.41, 5.74) is 2.36. The van der Waals surface area contributed by atoms with E-state index in [-0.39, 0.29) is 4.90 Å². The van der Waals surface area contributed by atoms with Gasteiger partial charge in [-0.2, -0.15) is 4.98 Å². The first-order chi connectivity index (χ1) is 13.5. The summed E-state index contributed by atoms with van der Waals surface area (Å²) in [4.78, 5) is 13.0. The molecule has 4 N–H and O–H groups in total. The third kappa shape index (κ3) is 4.05. The van der Waals surface area contributed by atoms with Gasteiger partial charge >= 0.3 is 0 Å². The molecule has 8 nitrogen and oxygen atoms in total. The van der Waals surface area contributed by atoms with Crippen molar-refractivity contribution in [3.63, 3.8) is 0 Å². The van der Waals surface area contributed by atoms with Crippen molar-refractivity contribution in [1.29, 1.82) is 0 Å². The first kappa shape index (κ1) is 17.8. The highest BCUT2D eigenvalue weighted by atomic mass is 32.2. The lowest BCUT2D eigenvalue weighted by atomic mass is 10.2. The van der Waals surface area contributed by atoms with Crippen LogP contribution < -0.4 is 15.8 Å². The van der Waals surface area contributed by atoms with Crippen LogP contribution in [0.25, 0.3) is 10.9 Å². The van der Waals surface area contributed by atoms with Crippen LogP contribution in [-0.4, -0.2) is 23.4 Å².